The zero-order chi connectivity index (χ0) is 25.6. The van der Waals surface area contributed by atoms with E-state index in [4.69, 9.17) is 9.47 Å². The topological polar surface area (TPSA) is 97.0 Å². The Kier molecular flexibility index (Phi) is 6.79. The van der Waals surface area contributed by atoms with Crippen molar-refractivity contribution in [2.24, 2.45) is 11.8 Å². The van der Waals surface area contributed by atoms with E-state index in [-0.39, 0.29) is 29.9 Å². The summed E-state index contributed by atoms with van der Waals surface area (Å²) in [6, 6.07) is 6.95. The number of carbonyl (C=O) groups is 3. The molecule has 0 radical (unpaired) electrons. The van der Waals surface area contributed by atoms with Crippen molar-refractivity contribution in [1.82, 2.24) is 10.2 Å². The lowest BCUT2D eigenvalue weighted by Gasteiger charge is -2.34. The maximum absolute atomic E-state index is 14.0. The van der Waals surface area contributed by atoms with Crippen LogP contribution >= 0.6 is 11.8 Å². The Labute approximate surface area is 221 Å². The molecule has 2 N–H and O–H groups in total. The van der Waals surface area contributed by atoms with Crippen LogP contribution in [0.1, 0.15) is 44.9 Å². The molecule has 198 valence electrons. The van der Waals surface area contributed by atoms with E-state index in [0.29, 0.717) is 18.8 Å². The molecule has 1 saturated carbocycles. The summed E-state index contributed by atoms with van der Waals surface area (Å²) >= 11 is 1.60. The van der Waals surface area contributed by atoms with Crippen LogP contribution in [0.3, 0.4) is 0 Å². The monoisotopic (exact) mass is 525 g/mol. The zero-order valence-electron chi connectivity index (χ0n) is 21.2. The Bertz CT molecular complexity index is 1100. The van der Waals surface area contributed by atoms with Crippen molar-refractivity contribution in [1.29, 1.82) is 0 Å². The third kappa shape index (κ3) is 4.38. The van der Waals surface area contributed by atoms with E-state index in [0.717, 1.165) is 43.4 Å². The minimum Gasteiger partial charge on any atom is -0.376 e. The van der Waals surface area contributed by atoms with Gasteiger partial charge in [-0.3, -0.25) is 14.4 Å². The van der Waals surface area contributed by atoms with Gasteiger partial charge >= 0.3 is 0 Å². The van der Waals surface area contributed by atoms with E-state index in [1.165, 1.54) is 6.42 Å². The van der Waals surface area contributed by atoms with E-state index in [1.807, 2.05) is 42.7 Å². The molecule has 4 heterocycles. The molecule has 6 atom stereocenters. The van der Waals surface area contributed by atoms with Crippen LogP contribution in [0.2, 0.25) is 0 Å². The van der Waals surface area contributed by atoms with E-state index in [9.17, 15) is 14.4 Å². The number of fused-ring (bicyclic) bond motifs is 1. The molecule has 37 heavy (non-hydrogen) atoms. The summed E-state index contributed by atoms with van der Waals surface area (Å²) in [4.78, 5) is 44.2. The van der Waals surface area contributed by atoms with Gasteiger partial charge in [-0.15, -0.1) is 11.8 Å². The van der Waals surface area contributed by atoms with Crippen LogP contribution in [0.25, 0.3) is 0 Å². The largest absolute Gasteiger partial charge is 0.376 e. The predicted molar refractivity (Wildman–Crippen MR) is 140 cm³/mol. The molecule has 8 nitrogen and oxygen atoms in total. The number of nitrogens with zero attached hydrogens (tertiary/aromatic N) is 1. The maximum atomic E-state index is 14.0. The van der Waals surface area contributed by atoms with Crippen LogP contribution in [-0.4, -0.2) is 71.9 Å². The molecule has 1 spiro atoms. The van der Waals surface area contributed by atoms with Crippen molar-refractivity contribution >= 4 is 35.2 Å². The maximum Gasteiger partial charge on any atom is 0.246 e. The fraction of sp³-hybridized carbons (Fsp3) is 0.607. The Morgan fingerprint density at radius 1 is 1.14 bits per heavy atom. The minimum absolute atomic E-state index is 0.105. The van der Waals surface area contributed by atoms with Crippen molar-refractivity contribution in [3.63, 3.8) is 0 Å². The minimum atomic E-state index is -1.14. The molecule has 1 aliphatic carbocycles. The van der Waals surface area contributed by atoms with Gasteiger partial charge in [0.05, 0.1) is 24.0 Å². The Balaban J connectivity index is 1.29. The second kappa shape index (κ2) is 10.1. The van der Waals surface area contributed by atoms with Crippen LogP contribution in [0, 0.1) is 11.8 Å². The quantitative estimate of drug-likeness (QED) is 0.420. The number of rotatable bonds is 7. The lowest BCUT2D eigenvalue weighted by molar-refractivity contribution is -0.143. The first-order valence-electron chi connectivity index (χ1n) is 13.5. The van der Waals surface area contributed by atoms with E-state index in [2.05, 4.69) is 10.6 Å². The molecule has 3 amide bonds. The number of thioether (sulfide) groups is 1. The Morgan fingerprint density at radius 2 is 1.97 bits per heavy atom. The molecule has 1 aromatic rings. The van der Waals surface area contributed by atoms with Gasteiger partial charge in [-0.25, -0.2) is 0 Å². The van der Waals surface area contributed by atoms with Crippen LogP contribution < -0.4 is 10.6 Å². The summed E-state index contributed by atoms with van der Waals surface area (Å²) in [5.74, 6) is -2.06. The van der Waals surface area contributed by atoms with Gasteiger partial charge in [-0.05, 0) is 50.1 Å². The highest BCUT2D eigenvalue weighted by atomic mass is 32.2. The number of benzene rings is 1. The standard InChI is InChI=1S/C28H35N3O5S/c1-37-20-11-5-9-18(15-20)30-25(32)22-21-12-13-28(36-21)23(22)27(34)31(16-19-10-6-14-35-19)24(28)26(33)29-17-7-3-2-4-8-17/h5,9,11-13,15,17,19,21-24H,2-4,6-8,10,14,16H2,1H3,(H,29,33)(H,30,32). The number of nitrogens with one attached hydrogen (secondary N) is 2. The zero-order valence-corrected chi connectivity index (χ0v) is 22.0. The third-order valence-electron chi connectivity index (χ3n) is 8.64. The fourth-order valence-corrected chi connectivity index (χ4v) is 7.38. The van der Waals surface area contributed by atoms with Crippen molar-refractivity contribution < 1.29 is 23.9 Å². The normalized spacial score (nSPS) is 34.7. The van der Waals surface area contributed by atoms with Crippen molar-refractivity contribution in [2.75, 3.05) is 24.7 Å². The van der Waals surface area contributed by atoms with Crippen LogP contribution in [0.5, 0.6) is 0 Å². The molecule has 9 heteroatoms. The molecule has 2 bridgehead atoms. The molecule has 4 fully saturated rings. The first kappa shape index (κ1) is 24.9. The van der Waals surface area contributed by atoms with Gasteiger partial charge in [-0.2, -0.15) is 0 Å². The SMILES string of the molecule is CSc1cccc(NC(=O)C2C3C=CC4(O3)C2C(=O)N(CC2CCCO2)C4C(=O)NC2CCCCC2)c1. The molecule has 3 saturated heterocycles. The second-order valence-corrected chi connectivity index (χ2v) is 11.8. The van der Waals surface area contributed by atoms with Crippen molar-refractivity contribution in [3.8, 4) is 0 Å². The highest BCUT2D eigenvalue weighted by molar-refractivity contribution is 7.98. The lowest BCUT2D eigenvalue weighted by Crippen LogP contribution is -2.57. The van der Waals surface area contributed by atoms with Gasteiger partial charge in [0.1, 0.15) is 11.6 Å². The van der Waals surface area contributed by atoms with E-state index >= 15 is 0 Å². The van der Waals surface area contributed by atoms with E-state index in [1.54, 1.807) is 16.7 Å². The van der Waals surface area contributed by atoms with Gasteiger partial charge < -0.3 is 25.0 Å². The summed E-state index contributed by atoms with van der Waals surface area (Å²) in [7, 11) is 0. The van der Waals surface area contributed by atoms with Gasteiger partial charge in [0.25, 0.3) is 0 Å². The molecular weight excluding hydrogens is 490 g/mol. The summed E-state index contributed by atoms with van der Waals surface area (Å²) in [5, 5.41) is 6.24. The first-order chi connectivity index (χ1) is 18.0. The van der Waals surface area contributed by atoms with Crippen molar-refractivity contribution in [3.05, 3.63) is 36.4 Å². The average molecular weight is 526 g/mol. The predicted octanol–water partition coefficient (Wildman–Crippen LogP) is 3.13. The number of hydrogen-bond donors (Lipinski definition) is 2. The summed E-state index contributed by atoms with van der Waals surface area (Å²) in [6.45, 7) is 1.00. The third-order valence-corrected chi connectivity index (χ3v) is 9.36. The summed E-state index contributed by atoms with van der Waals surface area (Å²) < 4.78 is 12.3. The van der Waals surface area contributed by atoms with Gasteiger partial charge in [0.2, 0.25) is 17.7 Å². The molecule has 5 aliphatic rings. The number of carbonyl (C=O) groups excluding carboxylic acids is 3. The Morgan fingerprint density at radius 3 is 2.73 bits per heavy atom. The fourth-order valence-electron chi connectivity index (χ4n) is 6.93. The van der Waals surface area contributed by atoms with Gasteiger partial charge in [0, 0.05) is 29.8 Å². The van der Waals surface area contributed by atoms with E-state index < -0.39 is 29.6 Å². The van der Waals surface area contributed by atoms with Crippen LogP contribution in [0.4, 0.5) is 5.69 Å². The number of anilines is 1. The van der Waals surface area contributed by atoms with Gasteiger partial charge in [0.15, 0.2) is 0 Å². The molecule has 0 aromatic heterocycles. The molecule has 1 aromatic carbocycles. The number of likely N-dealkylation sites (tertiary alicyclic amines) is 1. The molecule has 6 rings (SSSR count). The van der Waals surface area contributed by atoms with Gasteiger partial charge in [-0.1, -0.05) is 37.5 Å². The molecular formula is C28H35N3O5S. The number of ether oxygens (including phenoxy) is 2. The smallest absolute Gasteiger partial charge is 0.246 e. The number of hydrogen-bond acceptors (Lipinski definition) is 6. The Hall–Kier alpha value is -2.36. The first-order valence-corrected chi connectivity index (χ1v) is 14.8. The van der Waals surface area contributed by atoms with Crippen molar-refractivity contribution in [2.45, 2.75) is 79.7 Å². The lowest BCUT2D eigenvalue weighted by atomic mass is 9.74. The van der Waals surface area contributed by atoms with Crippen LogP contribution in [-0.2, 0) is 23.9 Å². The second-order valence-electron chi connectivity index (χ2n) is 10.9. The highest BCUT2D eigenvalue weighted by Crippen LogP contribution is 2.55. The highest BCUT2D eigenvalue weighted by Gasteiger charge is 2.73. The summed E-state index contributed by atoms with van der Waals surface area (Å²) in [6.07, 6.45) is 12.2. The van der Waals surface area contributed by atoms with Crippen LogP contribution in [0.15, 0.2) is 41.3 Å². The molecule has 6 unspecified atom stereocenters. The molecule has 4 aliphatic heterocycles. The summed E-state index contributed by atoms with van der Waals surface area (Å²) in [5.41, 5.74) is -0.451. The number of amides is 3. The average Bonchev–Trinajstić information content (AvgIpc) is 3.68.